The molecule has 0 N–H and O–H groups in total. The van der Waals surface area contributed by atoms with Crippen molar-refractivity contribution in [3.63, 3.8) is 0 Å². The van der Waals surface area contributed by atoms with Gasteiger partial charge in [0, 0.05) is 12.1 Å². The molecule has 0 aliphatic heterocycles. The minimum atomic E-state index is -0.876. The molecule has 0 aliphatic rings. The predicted octanol–water partition coefficient (Wildman–Crippen LogP) is 30.5. The van der Waals surface area contributed by atoms with Gasteiger partial charge in [-0.3, -0.25) is 9.80 Å². The normalized spacial score (nSPS) is 12.2. The van der Waals surface area contributed by atoms with E-state index in [1.807, 2.05) is 13.8 Å². The molecule has 103 heavy (non-hydrogen) atoms. The first-order valence-electron chi connectivity index (χ1n) is 48.2. The van der Waals surface area contributed by atoms with Crippen LogP contribution in [0.4, 0.5) is 0 Å². The molecule has 0 radical (unpaired) electrons. The molecule has 2 unspecified atom stereocenters. The Morgan fingerprint density at radius 2 is 0.262 bits per heavy atom. The molecule has 0 saturated carbocycles. The van der Waals surface area contributed by atoms with Crippen molar-refractivity contribution >= 4 is 49.7 Å². The van der Waals surface area contributed by atoms with Gasteiger partial charge in [0.2, 0.25) is 0 Å². The number of hydrogen-bond acceptors (Lipinski definition) is 6. The molecule has 2 atom stereocenters. The summed E-state index contributed by atoms with van der Waals surface area (Å²) in [5, 5.41) is 23.7. The summed E-state index contributed by atoms with van der Waals surface area (Å²) < 4.78 is 0. The van der Waals surface area contributed by atoms with Crippen molar-refractivity contribution in [3.8, 4) is 0 Å². The molecule has 0 saturated heterocycles. The maximum atomic E-state index is 11.8. The summed E-state index contributed by atoms with van der Waals surface area (Å²) in [6, 6.07) is -0.823. The smallest absolute Gasteiger partial charge is 0.548 e. The second-order valence-electron chi connectivity index (χ2n) is 33.4. The minimum Gasteiger partial charge on any atom is -0.548 e. The molecule has 0 amide bonds. The second-order valence-corrected chi connectivity index (χ2v) is 33.4. The SMILES string of the molecule is CCCCCCCCCCCCCCCCCCCCCCN(CCCCCCCCCCCCCCCCCCCCCC)C(CC)C(=O)[O-].CCCCCCCCCCCCCCCCCCCCCCN(CCCCCCCCCCCCCCCCCCCCCC)C(CC)C(=O)[O-].[Ca+2]. The van der Waals surface area contributed by atoms with Crippen LogP contribution < -0.4 is 10.2 Å². The zero-order chi connectivity index (χ0) is 74.3. The van der Waals surface area contributed by atoms with Crippen molar-refractivity contribution < 1.29 is 19.8 Å². The van der Waals surface area contributed by atoms with E-state index >= 15 is 0 Å². The van der Waals surface area contributed by atoms with Gasteiger partial charge in [0.05, 0.1) is 11.9 Å². The van der Waals surface area contributed by atoms with Crippen LogP contribution in [-0.4, -0.2) is 97.7 Å². The van der Waals surface area contributed by atoms with E-state index in [4.69, 9.17) is 0 Å². The van der Waals surface area contributed by atoms with Crippen LogP contribution >= 0.6 is 0 Å². The van der Waals surface area contributed by atoms with Crippen molar-refractivity contribution in [1.82, 2.24) is 9.80 Å². The van der Waals surface area contributed by atoms with E-state index in [1.165, 1.54) is 488 Å². The number of rotatable bonds is 90. The third kappa shape index (κ3) is 87.6. The molecular weight excluding hydrogens is 1290 g/mol. The van der Waals surface area contributed by atoms with Crippen molar-refractivity contribution in [2.45, 2.75) is 580 Å². The van der Waals surface area contributed by atoms with E-state index in [0.29, 0.717) is 12.8 Å². The largest absolute Gasteiger partial charge is 2.00 e. The molecule has 0 bridgehead atoms. The Bertz CT molecular complexity index is 1330. The first-order valence-corrected chi connectivity index (χ1v) is 48.2. The van der Waals surface area contributed by atoms with Gasteiger partial charge < -0.3 is 19.8 Å². The van der Waals surface area contributed by atoms with E-state index in [1.54, 1.807) is 0 Å². The number of aliphatic carboxylic acids is 2. The van der Waals surface area contributed by atoms with Crippen LogP contribution in [0.3, 0.4) is 0 Å². The molecule has 612 valence electrons. The van der Waals surface area contributed by atoms with Crippen molar-refractivity contribution in [2.24, 2.45) is 0 Å². The molecule has 0 heterocycles. The molecule has 0 aromatic rings. The molecule has 0 aromatic carbocycles. The summed E-state index contributed by atoms with van der Waals surface area (Å²) in [6.45, 7) is 16.9. The Kier molecular flexibility index (Phi) is 100. The van der Waals surface area contributed by atoms with Gasteiger partial charge in [-0.25, -0.2) is 0 Å². The van der Waals surface area contributed by atoms with Crippen LogP contribution in [0.25, 0.3) is 0 Å². The molecule has 0 fully saturated rings. The number of carbonyl (C=O) groups is 2. The van der Waals surface area contributed by atoms with Gasteiger partial charge in [-0.1, -0.05) is 530 Å². The van der Waals surface area contributed by atoms with Crippen LogP contribution in [0.5, 0.6) is 0 Å². The second kappa shape index (κ2) is 96.3. The van der Waals surface area contributed by atoms with Crippen LogP contribution in [0.2, 0.25) is 0 Å². The van der Waals surface area contributed by atoms with Gasteiger partial charge in [0.1, 0.15) is 0 Å². The number of carboxylic acids is 2. The Labute approximate surface area is 680 Å². The zero-order valence-corrected chi connectivity index (χ0v) is 74.4. The number of carbonyl (C=O) groups excluding carboxylic acids is 2. The van der Waals surface area contributed by atoms with E-state index in [-0.39, 0.29) is 37.7 Å². The molecule has 0 aromatic heterocycles. The molecule has 0 spiro atoms. The first kappa shape index (κ1) is 107. The van der Waals surface area contributed by atoms with Crippen molar-refractivity contribution in [3.05, 3.63) is 0 Å². The van der Waals surface area contributed by atoms with E-state index in [9.17, 15) is 19.8 Å². The van der Waals surface area contributed by atoms with Gasteiger partial charge in [-0.15, -0.1) is 0 Å². The molecule has 0 rings (SSSR count). The summed E-state index contributed by atoms with van der Waals surface area (Å²) in [6.07, 6.45) is 113. The topological polar surface area (TPSA) is 86.7 Å². The molecule has 0 aliphatic carbocycles. The fourth-order valence-electron chi connectivity index (χ4n) is 16.3. The molecular formula is C96H192CaN2O4. The van der Waals surface area contributed by atoms with Crippen LogP contribution in [0.15, 0.2) is 0 Å². The monoisotopic (exact) mass is 1480 g/mol. The van der Waals surface area contributed by atoms with Crippen molar-refractivity contribution in [1.29, 1.82) is 0 Å². The fourth-order valence-corrected chi connectivity index (χ4v) is 16.3. The van der Waals surface area contributed by atoms with E-state index in [2.05, 4.69) is 37.5 Å². The zero-order valence-electron chi connectivity index (χ0n) is 72.2. The average molecular weight is 1480 g/mol. The van der Waals surface area contributed by atoms with E-state index in [0.717, 1.165) is 51.9 Å². The number of unbranched alkanes of at least 4 members (excludes halogenated alkanes) is 76. The molecule has 6 nitrogen and oxygen atoms in total. The predicted molar refractivity (Wildman–Crippen MR) is 459 cm³/mol. The van der Waals surface area contributed by atoms with Gasteiger partial charge in [-0.2, -0.15) is 0 Å². The first-order chi connectivity index (χ1) is 50.3. The Balaban J connectivity index is -0.00000192. The average Bonchev–Trinajstić information content (AvgIpc) is 0.952. The van der Waals surface area contributed by atoms with Gasteiger partial charge >= 0.3 is 37.7 Å². The maximum Gasteiger partial charge on any atom is 2.00 e. The summed E-state index contributed by atoms with van der Waals surface area (Å²) in [5.41, 5.74) is 0. The Hall–Kier alpha value is 0.120. The van der Waals surface area contributed by atoms with Gasteiger partial charge in [0.15, 0.2) is 0 Å². The summed E-state index contributed by atoms with van der Waals surface area (Å²) in [7, 11) is 0. The van der Waals surface area contributed by atoms with Crippen molar-refractivity contribution in [2.75, 3.05) is 26.2 Å². The third-order valence-corrected chi connectivity index (χ3v) is 23.4. The summed E-state index contributed by atoms with van der Waals surface area (Å²) >= 11 is 0. The Morgan fingerprint density at radius 3 is 0.340 bits per heavy atom. The number of hydrogen-bond donors (Lipinski definition) is 0. The third-order valence-electron chi connectivity index (χ3n) is 23.4. The summed E-state index contributed by atoms with van der Waals surface area (Å²) in [4.78, 5) is 28.1. The standard InChI is InChI=1S/2C48H97NO2.Ca/c2*1-4-7-9-11-13-15-17-19-21-23-25-27-29-31-33-35-37-39-41-43-45-49(47(6-3)48(50)51)46-44-42-40-38-36-34-32-30-28-26-24-22-20-18-16-14-12-10-8-5-2;/h2*47H,4-46H2,1-3H3,(H,50,51);/q;;+2/p-2. The minimum absolute atomic E-state index is 0. The summed E-state index contributed by atoms with van der Waals surface area (Å²) in [5.74, 6) is -1.75. The number of nitrogens with zero attached hydrogens (tertiary/aromatic N) is 2. The fraction of sp³-hybridized carbons (Fsp3) is 0.979. The maximum absolute atomic E-state index is 11.8. The van der Waals surface area contributed by atoms with E-state index < -0.39 is 24.0 Å². The quantitative estimate of drug-likeness (QED) is 0.0445. The van der Waals surface area contributed by atoms with Crippen LogP contribution in [0.1, 0.15) is 568 Å². The number of carboxylic acid groups (broad SMARTS) is 2. The van der Waals surface area contributed by atoms with Gasteiger partial charge in [-0.05, 0) is 64.7 Å². The molecule has 7 heteroatoms. The van der Waals surface area contributed by atoms with Crippen LogP contribution in [0, 0.1) is 0 Å². The van der Waals surface area contributed by atoms with Gasteiger partial charge in [0.25, 0.3) is 0 Å². The Morgan fingerprint density at radius 1 is 0.175 bits per heavy atom. The van der Waals surface area contributed by atoms with Crippen LogP contribution in [-0.2, 0) is 9.59 Å².